The average Bonchev–Trinajstić information content (AvgIpc) is 2.08. The van der Waals surface area contributed by atoms with Gasteiger partial charge in [-0.1, -0.05) is 19.9 Å². The minimum Gasteiger partial charge on any atom is -0.324 e. The maximum absolute atomic E-state index is 12.8. The van der Waals surface area contributed by atoms with Crippen LogP contribution in [-0.4, -0.2) is 0 Å². The largest absolute Gasteiger partial charge is 0.324 e. The van der Waals surface area contributed by atoms with Crippen LogP contribution < -0.4 is 5.73 Å². The number of benzene rings is 1. The molecule has 0 saturated heterocycles. The molecule has 2 N–H and O–H groups in total. The highest BCUT2D eigenvalue weighted by atomic mass is 19.2. The molecule has 1 aromatic carbocycles. The van der Waals surface area contributed by atoms with Crippen LogP contribution in [0.15, 0.2) is 18.2 Å². The van der Waals surface area contributed by atoms with Crippen LogP contribution in [0.5, 0.6) is 0 Å². The van der Waals surface area contributed by atoms with Gasteiger partial charge in [0.25, 0.3) is 0 Å². The van der Waals surface area contributed by atoms with Crippen molar-refractivity contribution in [1.82, 2.24) is 0 Å². The zero-order chi connectivity index (χ0) is 10.7. The van der Waals surface area contributed by atoms with Gasteiger partial charge in [0.2, 0.25) is 0 Å². The Morgan fingerprint density at radius 2 is 1.86 bits per heavy atom. The molecule has 0 saturated carbocycles. The lowest BCUT2D eigenvalue weighted by Gasteiger charge is -2.14. The van der Waals surface area contributed by atoms with Crippen LogP contribution in [0.4, 0.5) is 8.78 Å². The summed E-state index contributed by atoms with van der Waals surface area (Å²) < 4.78 is 25.5. The molecule has 14 heavy (non-hydrogen) atoms. The maximum Gasteiger partial charge on any atom is 0.159 e. The predicted octanol–water partition coefficient (Wildman–Crippen LogP) is 3.01. The fourth-order valence-electron chi connectivity index (χ4n) is 1.39. The first-order chi connectivity index (χ1) is 6.50. The number of nitrogens with two attached hydrogens (primary N) is 1. The van der Waals surface area contributed by atoms with Crippen LogP contribution in [-0.2, 0) is 0 Å². The van der Waals surface area contributed by atoms with Gasteiger partial charge in [-0.3, -0.25) is 0 Å². The fourth-order valence-corrected chi connectivity index (χ4v) is 1.39. The monoisotopic (exact) mass is 199 g/mol. The van der Waals surface area contributed by atoms with Crippen molar-refractivity contribution in [1.29, 1.82) is 0 Å². The predicted molar refractivity (Wildman–Crippen MR) is 52.7 cm³/mol. The minimum atomic E-state index is -0.832. The van der Waals surface area contributed by atoms with E-state index in [1.165, 1.54) is 12.1 Å². The maximum atomic E-state index is 12.8. The molecule has 1 nitrogen and oxygen atoms in total. The van der Waals surface area contributed by atoms with Gasteiger partial charge in [0.1, 0.15) is 0 Å². The van der Waals surface area contributed by atoms with Gasteiger partial charge in [0.15, 0.2) is 11.6 Å². The molecule has 0 heterocycles. The molecule has 0 amide bonds. The smallest absolute Gasteiger partial charge is 0.159 e. The SMILES string of the molecule is CC(C)C[C@@H](N)c1ccc(F)c(F)c1. The topological polar surface area (TPSA) is 26.0 Å². The summed E-state index contributed by atoms with van der Waals surface area (Å²) in [5, 5.41) is 0. The van der Waals surface area contributed by atoms with E-state index >= 15 is 0 Å². The molecule has 78 valence electrons. The Morgan fingerprint density at radius 3 is 2.36 bits per heavy atom. The number of halogens is 2. The van der Waals surface area contributed by atoms with Crippen molar-refractivity contribution < 1.29 is 8.78 Å². The summed E-state index contributed by atoms with van der Waals surface area (Å²) in [6.07, 6.45) is 0.769. The normalized spacial score (nSPS) is 13.3. The molecular weight excluding hydrogens is 184 g/mol. The lowest BCUT2D eigenvalue weighted by atomic mass is 9.98. The van der Waals surface area contributed by atoms with Crippen LogP contribution in [0.3, 0.4) is 0 Å². The van der Waals surface area contributed by atoms with Crippen LogP contribution in [0.25, 0.3) is 0 Å². The van der Waals surface area contributed by atoms with Gasteiger partial charge in [-0.25, -0.2) is 8.78 Å². The molecule has 0 fully saturated rings. The van der Waals surface area contributed by atoms with E-state index in [1.54, 1.807) is 0 Å². The van der Waals surface area contributed by atoms with E-state index in [1.807, 2.05) is 13.8 Å². The van der Waals surface area contributed by atoms with Gasteiger partial charge < -0.3 is 5.73 Å². The van der Waals surface area contributed by atoms with Gasteiger partial charge in [-0.15, -0.1) is 0 Å². The highest BCUT2D eigenvalue weighted by Crippen LogP contribution is 2.20. The van der Waals surface area contributed by atoms with Crippen molar-refractivity contribution in [2.24, 2.45) is 11.7 Å². The summed E-state index contributed by atoms with van der Waals surface area (Å²) in [6, 6.07) is 3.60. The molecule has 3 heteroatoms. The van der Waals surface area contributed by atoms with Crippen molar-refractivity contribution in [2.45, 2.75) is 26.3 Å². The van der Waals surface area contributed by atoms with Crippen molar-refractivity contribution in [3.05, 3.63) is 35.4 Å². The third-order valence-electron chi connectivity index (χ3n) is 2.10. The minimum absolute atomic E-state index is 0.218. The van der Waals surface area contributed by atoms with E-state index in [0.29, 0.717) is 11.5 Å². The number of rotatable bonds is 3. The van der Waals surface area contributed by atoms with E-state index < -0.39 is 11.6 Å². The van der Waals surface area contributed by atoms with E-state index in [0.717, 1.165) is 12.5 Å². The summed E-state index contributed by atoms with van der Waals surface area (Å²) >= 11 is 0. The Kier molecular flexibility index (Phi) is 3.58. The zero-order valence-corrected chi connectivity index (χ0v) is 8.43. The van der Waals surface area contributed by atoms with Crippen LogP contribution in [0, 0.1) is 17.6 Å². The molecule has 0 spiro atoms. The quantitative estimate of drug-likeness (QED) is 0.795. The van der Waals surface area contributed by atoms with Gasteiger partial charge >= 0.3 is 0 Å². The van der Waals surface area contributed by atoms with Gasteiger partial charge in [0.05, 0.1) is 0 Å². The Hall–Kier alpha value is -0.960. The molecular formula is C11H15F2N. The first-order valence-electron chi connectivity index (χ1n) is 4.71. The first-order valence-corrected chi connectivity index (χ1v) is 4.71. The lowest BCUT2D eigenvalue weighted by Crippen LogP contribution is -2.13. The molecule has 1 aromatic rings. The van der Waals surface area contributed by atoms with Crippen LogP contribution >= 0.6 is 0 Å². The Morgan fingerprint density at radius 1 is 1.21 bits per heavy atom. The van der Waals surface area contributed by atoms with Crippen LogP contribution in [0.2, 0.25) is 0 Å². The highest BCUT2D eigenvalue weighted by Gasteiger charge is 2.10. The average molecular weight is 199 g/mol. The second-order valence-electron chi connectivity index (χ2n) is 3.91. The standard InChI is InChI=1S/C11H15F2N/c1-7(2)5-11(14)8-3-4-9(12)10(13)6-8/h3-4,6-7,11H,5,14H2,1-2H3/t11-/m1/s1. The Bertz CT molecular complexity index is 310. The van der Waals surface area contributed by atoms with Gasteiger partial charge in [0, 0.05) is 6.04 Å². The molecule has 0 aliphatic heterocycles. The van der Waals surface area contributed by atoms with Crippen molar-refractivity contribution >= 4 is 0 Å². The highest BCUT2D eigenvalue weighted by molar-refractivity contribution is 5.20. The molecule has 0 radical (unpaired) electrons. The van der Waals surface area contributed by atoms with Crippen LogP contribution in [0.1, 0.15) is 31.9 Å². The fraction of sp³-hybridized carbons (Fsp3) is 0.455. The van der Waals surface area contributed by atoms with E-state index in [-0.39, 0.29) is 6.04 Å². The van der Waals surface area contributed by atoms with E-state index in [4.69, 9.17) is 5.73 Å². The molecule has 1 atom stereocenters. The lowest BCUT2D eigenvalue weighted by molar-refractivity contribution is 0.489. The van der Waals surface area contributed by atoms with Crippen molar-refractivity contribution in [3.8, 4) is 0 Å². The first kappa shape index (κ1) is 11.1. The third kappa shape index (κ3) is 2.77. The molecule has 0 aliphatic carbocycles. The summed E-state index contributed by atoms with van der Waals surface area (Å²) in [4.78, 5) is 0. The summed E-state index contributed by atoms with van der Waals surface area (Å²) in [5.41, 5.74) is 6.48. The third-order valence-corrected chi connectivity index (χ3v) is 2.10. The molecule has 0 aromatic heterocycles. The second-order valence-corrected chi connectivity index (χ2v) is 3.91. The molecule has 0 aliphatic rings. The summed E-state index contributed by atoms with van der Waals surface area (Å²) in [7, 11) is 0. The summed E-state index contributed by atoms with van der Waals surface area (Å²) in [5.74, 6) is -1.22. The zero-order valence-electron chi connectivity index (χ0n) is 8.43. The van der Waals surface area contributed by atoms with E-state index in [9.17, 15) is 8.78 Å². The Labute approximate surface area is 82.9 Å². The molecule has 0 bridgehead atoms. The molecule has 1 rings (SSSR count). The van der Waals surface area contributed by atoms with Crippen molar-refractivity contribution in [2.75, 3.05) is 0 Å². The van der Waals surface area contributed by atoms with Gasteiger partial charge in [-0.2, -0.15) is 0 Å². The number of hydrogen-bond acceptors (Lipinski definition) is 1. The number of hydrogen-bond donors (Lipinski definition) is 1. The van der Waals surface area contributed by atoms with E-state index in [2.05, 4.69) is 0 Å². The molecule has 0 unspecified atom stereocenters. The summed E-state index contributed by atoms with van der Waals surface area (Å²) in [6.45, 7) is 4.08. The Balaban J connectivity index is 2.80. The van der Waals surface area contributed by atoms with Crippen molar-refractivity contribution in [3.63, 3.8) is 0 Å². The second kappa shape index (κ2) is 4.51. The van der Waals surface area contributed by atoms with Gasteiger partial charge in [-0.05, 0) is 30.0 Å².